The topological polar surface area (TPSA) is 99.8 Å². The number of carbonyl (C=O) groups excluding carboxylic acids is 1. The lowest BCUT2D eigenvalue weighted by atomic mass is 9.96. The highest BCUT2D eigenvalue weighted by molar-refractivity contribution is 7.86. The summed E-state index contributed by atoms with van der Waals surface area (Å²) in [6.07, 6.45) is 5.25. The highest BCUT2D eigenvalue weighted by Gasteiger charge is 2.34. The summed E-state index contributed by atoms with van der Waals surface area (Å²) in [6.45, 7) is 1.81. The maximum atomic E-state index is 13.1. The lowest BCUT2D eigenvalue weighted by Crippen LogP contribution is -2.54. The van der Waals surface area contributed by atoms with Gasteiger partial charge in [0, 0.05) is 44.7 Å². The van der Waals surface area contributed by atoms with Gasteiger partial charge in [-0.15, -0.1) is 0 Å². The Morgan fingerprint density at radius 3 is 2.43 bits per heavy atom. The number of pyridine rings is 1. The number of nitrogens with zero attached hydrogens (tertiary/aromatic N) is 4. The van der Waals surface area contributed by atoms with Crippen molar-refractivity contribution in [2.45, 2.75) is 38.1 Å². The molecule has 0 radical (unpaired) electrons. The molecule has 162 valence electrons. The molecule has 2 N–H and O–H groups in total. The molecule has 1 amide bonds. The van der Waals surface area contributed by atoms with E-state index >= 15 is 0 Å². The molecule has 0 atom stereocenters. The minimum absolute atomic E-state index is 0.0991. The van der Waals surface area contributed by atoms with E-state index in [1.54, 1.807) is 21.7 Å². The lowest BCUT2D eigenvalue weighted by Gasteiger charge is -2.39. The van der Waals surface area contributed by atoms with Crippen LogP contribution >= 0.6 is 0 Å². The molecule has 0 unspecified atom stereocenters. The van der Waals surface area contributed by atoms with Gasteiger partial charge in [0.2, 0.25) is 5.91 Å². The van der Waals surface area contributed by atoms with Crippen molar-refractivity contribution >= 4 is 32.8 Å². The van der Waals surface area contributed by atoms with Crippen molar-refractivity contribution in [3.8, 4) is 0 Å². The average molecular weight is 432 g/mol. The van der Waals surface area contributed by atoms with Gasteiger partial charge < -0.3 is 10.6 Å². The summed E-state index contributed by atoms with van der Waals surface area (Å²) >= 11 is 0. The first kappa shape index (κ1) is 21.0. The number of aromatic nitrogens is 1. The average Bonchev–Trinajstić information content (AvgIpc) is 2.78. The molecule has 1 saturated heterocycles. The van der Waals surface area contributed by atoms with Crippen LogP contribution in [0.5, 0.6) is 0 Å². The molecule has 2 heterocycles. The van der Waals surface area contributed by atoms with E-state index in [1.807, 2.05) is 29.2 Å². The van der Waals surface area contributed by atoms with Gasteiger partial charge in [0.25, 0.3) is 10.2 Å². The molecule has 8 nitrogen and oxygen atoms in total. The summed E-state index contributed by atoms with van der Waals surface area (Å²) in [5.41, 5.74) is 6.72. The van der Waals surface area contributed by atoms with Crippen LogP contribution in [0.25, 0.3) is 10.9 Å². The molecule has 1 aromatic heterocycles. The monoisotopic (exact) mass is 431 g/mol. The number of fused-ring (bicyclic) bond motifs is 1. The molecule has 1 aliphatic heterocycles. The number of primary amides is 1. The van der Waals surface area contributed by atoms with Gasteiger partial charge in [-0.2, -0.15) is 17.0 Å². The first-order valence-electron chi connectivity index (χ1n) is 10.6. The van der Waals surface area contributed by atoms with E-state index < -0.39 is 16.1 Å². The Hall–Kier alpha value is -2.23. The van der Waals surface area contributed by atoms with E-state index in [-0.39, 0.29) is 6.04 Å². The number of hydrogen-bond donors (Lipinski definition) is 1. The molecule has 2 aromatic rings. The largest absolute Gasteiger partial charge is 0.366 e. The number of benzene rings is 1. The lowest BCUT2D eigenvalue weighted by molar-refractivity contribution is 0.100. The number of anilines is 1. The van der Waals surface area contributed by atoms with Crippen LogP contribution in [0.1, 0.15) is 42.5 Å². The van der Waals surface area contributed by atoms with E-state index in [9.17, 15) is 13.2 Å². The summed E-state index contributed by atoms with van der Waals surface area (Å²) in [7, 11) is -1.77. The third-order valence-electron chi connectivity index (χ3n) is 6.31. The van der Waals surface area contributed by atoms with Gasteiger partial charge in [0.1, 0.15) is 5.82 Å². The van der Waals surface area contributed by atoms with Crippen LogP contribution in [0.4, 0.5) is 5.82 Å². The van der Waals surface area contributed by atoms with E-state index in [0.717, 1.165) is 31.1 Å². The molecule has 2 aliphatic rings. The van der Waals surface area contributed by atoms with Gasteiger partial charge in [0.05, 0.1) is 11.1 Å². The number of para-hydroxylation sites is 1. The number of rotatable bonds is 5. The van der Waals surface area contributed by atoms with Gasteiger partial charge in [-0.1, -0.05) is 37.5 Å². The Morgan fingerprint density at radius 1 is 1.10 bits per heavy atom. The van der Waals surface area contributed by atoms with Crippen LogP contribution in [0.2, 0.25) is 0 Å². The Bertz CT molecular complexity index is 1030. The third-order valence-corrected chi connectivity index (χ3v) is 8.35. The maximum Gasteiger partial charge on any atom is 0.282 e. The minimum Gasteiger partial charge on any atom is -0.366 e. The molecule has 4 rings (SSSR count). The highest BCUT2D eigenvalue weighted by atomic mass is 32.2. The molecular weight excluding hydrogens is 402 g/mol. The quantitative estimate of drug-likeness (QED) is 0.780. The summed E-state index contributed by atoms with van der Waals surface area (Å²) in [5, 5.41) is 0.726. The van der Waals surface area contributed by atoms with Crippen LogP contribution in [0.15, 0.2) is 30.3 Å². The van der Waals surface area contributed by atoms with Crippen molar-refractivity contribution in [1.82, 2.24) is 13.6 Å². The van der Waals surface area contributed by atoms with Crippen molar-refractivity contribution in [1.29, 1.82) is 0 Å². The number of hydrogen-bond acceptors (Lipinski definition) is 5. The van der Waals surface area contributed by atoms with Crippen LogP contribution in [0, 0.1) is 0 Å². The molecule has 30 heavy (non-hydrogen) atoms. The van der Waals surface area contributed by atoms with Crippen LogP contribution < -0.4 is 10.6 Å². The van der Waals surface area contributed by atoms with Crippen molar-refractivity contribution in [2.24, 2.45) is 5.73 Å². The Morgan fingerprint density at radius 2 is 1.77 bits per heavy atom. The number of nitrogens with two attached hydrogens (primary N) is 1. The second-order valence-electron chi connectivity index (χ2n) is 8.11. The van der Waals surface area contributed by atoms with Crippen molar-refractivity contribution < 1.29 is 13.2 Å². The zero-order valence-corrected chi connectivity index (χ0v) is 18.1. The predicted octanol–water partition coefficient (Wildman–Crippen LogP) is 1.96. The van der Waals surface area contributed by atoms with Gasteiger partial charge in [-0.05, 0) is 25.0 Å². The smallest absolute Gasteiger partial charge is 0.282 e. The zero-order chi connectivity index (χ0) is 21.3. The molecular formula is C21H29N5O3S. The number of amides is 1. The molecule has 1 saturated carbocycles. The molecule has 9 heteroatoms. The predicted molar refractivity (Wildman–Crippen MR) is 118 cm³/mol. The minimum atomic E-state index is -3.48. The first-order valence-corrected chi connectivity index (χ1v) is 12.0. The van der Waals surface area contributed by atoms with Crippen molar-refractivity contribution in [2.75, 3.05) is 38.1 Å². The molecule has 1 aromatic carbocycles. The van der Waals surface area contributed by atoms with Crippen molar-refractivity contribution in [3.63, 3.8) is 0 Å². The van der Waals surface area contributed by atoms with Gasteiger partial charge in [0.15, 0.2) is 0 Å². The molecule has 0 spiro atoms. The normalized spacial score (nSPS) is 19.5. The molecule has 1 aliphatic carbocycles. The fourth-order valence-electron chi connectivity index (χ4n) is 4.49. The van der Waals surface area contributed by atoms with Gasteiger partial charge in [-0.3, -0.25) is 4.79 Å². The standard InChI is InChI=1S/C21H29N5O3S/c1-24(16-7-3-2-4-8-16)30(28,29)26-13-11-25(12-14-26)20-15-18(21(22)27)17-9-5-6-10-19(17)23-20/h5-6,9-10,15-16H,2-4,7-8,11-14H2,1H3,(H2,22,27). The second kappa shape index (κ2) is 8.49. The van der Waals surface area contributed by atoms with E-state index in [0.29, 0.717) is 43.1 Å². The van der Waals surface area contributed by atoms with Gasteiger partial charge in [-0.25, -0.2) is 4.98 Å². The first-order chi connectivity index (χ1) is 14.4. The summed E-state index contributed by atoms with van der Waals surface area (Å²) in [4.78, 5) is 18.6. The summed E-state index contributed by atoms with van der Waals surface area (Å²) in [6, 6.07) is 9.21. The highest BCUT2D eigenvalue weighted by Crippen LogP contribution is 2.27. The summed E-state index contributed by atoms with van der Waals surface area (Å²) < 4.78 is 29.3. The van der Waals surface area contributed by atoms with Crippen LogP contribution in [-0.2, 0) is 10.2 Å². The molecule has 2 fully saturated rings. The van der Waals surface area contributed by atoms with E-state index in [4.69, 9.17) is 5.73 Å². The third kappa shape index (κ3) is 4.01. The van der Waals surface area contributed by atoms with Crippen LogP contribution in [-0.4, -0.2) is 67.2 Å². The second-order valence-corrected chi connectivity index (χ2v) is 10.1. The van der Waals surface area contributed by atoms with E-state index in [2.05, 4.69) is 4.98 Å². The fraction of sp³-hybridized carbons (Fsp3) is 0.524. The number of piperazine rings is 1. The Labute approximate surface area is 177 Å². The SMILES string of the molecule is CN(C1CCCCC1)S(=O)(=O)N1CCN(c2cc(C(N)=O)c3ccccc3n2)CC1. The van der Waals surface area contributed by atoms with Gasteiger partial charge >= 0.3 is 0 Å². The van der Waals surface area contributed by atoms with Crippen LogP contribution in [0.3, 0.4) is 0 Å². The van der Waals surface area contributed by atoms with Crippen molar-refractivity contribution in [3.05, 3.63) is 35.9 Å². The maximum absolute atomic E-state index is 13.1. The van der Waals surface area contributed by atoms with E-state index in [1.165, 1.54) is 6.42 Å². The summed E-state index contributed by atoms with van der Waals surface area (Å²) in [5.74, 6) is 0.158. The molecule has 0 bridgehead atoms. The number of carbonyl (C=O) groups is 1. The Balaban J connectivity index is 1.50. The Kier molecular flexibility index (Phi) is 5.95. The fourth-order valence-corrected chi connectivity index (χ4v) is 6.07. The zero-order valence-electron chi connectivity index (χ0n) is 17.3.